The lowest BCUT2D eigenvalue weighted by molar-refractivity contribution is 0.0599. The van der Waals surface area contributed by atoms with Gasteiger partial charge in [0.05, 0.1) is 29.7 Å². The van der Waals surface area contributed by atoms with Gasteiger partial charge in [0.2, 0.25) is 10.0 Å². The Labute approximate surface area is 142 Å². The lowest BCUT2D eigenvalue weighted by Gasteiger charge is -2.28. The molecule has 1 fully saturated rings. The summed E-state index contributed by atoms with van der Waals surface area (Å²) in [5.74, 6) is -0.558. The minimum atomic E-state index is -3.74. The summed E-state index contributed by atoms with van der Waals surface area (Å²) in [5, 5.41) is 3.32. The Bertz CT molecular complexity index is 696. The van der Waals surface area contributed by atoms with Crippen molar-refractivity contribution in [3.63, 3.8) is 0 Å². The van der Waals surface area contributed by atoms with Crippen molar-refractivity contribution in [2.75, 3.05) is 33.9 Å². The van der Waals surface area contributed by atoms with E-state index in [0.29, 0.717) is 12.2 Å². The van der Waals surface area contributed by atoms with E-state index >= 15 is 0 Å². The number of sulfonamides is 1. The first kappa shape index (κ1) is 18.9. The first-order valence-corrected chi connectivity index (χ1v) is 9.24. The lowest BCUT2D eigenvalue weighted by Crippen LogP contribution is -2.52. The van der Waals surface area contributed by atoms with Crippen molar-refractivity contribution < 1.29 is 22.7 Å². The Hall–Kier alpha value is -1.48. The van der Waals surface area contributed by atoms with E-state index in [1.807, 2.05) is 0 Å². The number of esters is 1. The van der Waals surface area contributed by atoms with Crippen LogP contribution in [0.1, 0.15) is 28.8 Å². The Kier molecular flexibility index (Phi) is 5.97. The Morgan fingerprint density at radius 2 is 2.12 bits per heavy atom. The number of aryl methyl sites for hydroxylation is 1. The van der Waals surface area contributed by atoms with Crippen molar-refractivity contribution in [1.29, 1.82) is 0 Å². The predicted octanol–water partition coefficient (Wildman–Crippen LogP) is 0.829. The molecule has 0 spiro atoms. The molecule has 1 aromatic rings. The molecule has 1 atom stereocenters. The quantitative estimate of drug-likeness (QED) is 0.703. The van der Waals surface area contributed by atoms with Gasteiger partial charge in [0.1, 0.15) is 0 Å². The number of rotatable bonds is 7. The molecular weight excluding hydrogens is 332 g/mol. The van der Waals surface area contributed by atoms with Gasteiger partial charge in [0.25, 0.3) is 0 Å². The maximum absolute atomic E-state index is 12.6. The molecule has 1 aliphatic heterocycles. The second kappa shape index (κ2) is 7.60. The molecule has 0 aliphatic carbocycles. The number of benzene rings is 1. The summed E-state index contributed by atoms with van der Waals surface area (Å²) in [4.78, 5) is 11.8. The first-order valence-electron chi connectivity index (χ1n) is 7.76. The highest BCUT2D eigenvalue weighted by Crippen LogP contribution is 2.21. The lowest BCUT2D eigenvalue weighted by atomic mass is 9.99. The minimum Gasteiger partial charge on any atom is -0.465 e. The molecule has 1 unspecified atom stereocenters. The molecule has 0 saturated carbocycles. The van der Waals surface area contributed by atoms with Gasteiger partial charge in [-0.05, 0) is 44.0 Å². The molecule has 8 heteroatoms. The SMILES string of the molecule is COCC1(CNS(=O)(=O)c2ccc(C)c(C(=O)OC)c2)CCCN1. The van der Waals surface area contributed by atoms with Crippen LogP contribution in [0, 0.1) is 6.92 Å². The average molecular weight is 356 g/mol. The van der Waals surface area contributed by atoms with Gasteiger partial charge in [0.15, 0.2) is 0 Å². The van der Waals surface area contributed by atoms with Crippen LogP contribution in [-0.4, -0.2) is 53.8 Å². The number of methoxy groups -OCH3 is 2. The molecule has 0 amide bonds. The Balaban J connectivity index is 2.20. The number of nitrogens with one attached hydrogen (secondary N) is 2. The minimum absolute atomic E-state index is 0.0408. The van der Waals surface area contributed by atoms with Crippen molar-refractivity contribution in [3.05, 3.63) is 29.3 Å². The van der Waals surface area contributed by atoms with Gasteiger partial charge in [-0.25, -0.2) is 17.9 Å². The normalized spacial score (nSPS) is 21.0. The molecule has 0 radical (unpaired) electrons. The fourth-order valence-electron chi connectivity index (χ4n) is 2.88. The Morgan fingerprint density at radius 1 is 1.38 bits per heavy atom. The second-order valence-corrected chi connectivity index (χ2v) is 7.80. The van der Waals surface area contributed by atoms with Gasteiger partial charge in [0, 0.05) is 13.7 Å². The van der Waals surface area contributed by atoms with E-state index in [2.05, 4.69) is 10.0 Å². The monoisotopic (exact) mass is 356 g/mol. The van der Waals surface area contributed by atoms with Gasteiger partial charge in [-0.3, -0.25) is 0 Å². The third kappa shape index (κ3) is 4.13. The van der Waals surface area contributed by atoms with E-state index in [1.165, 1.54) is 19.2 Å². The summed E-state index contributed by atoms with van der Waals surface area (Å²) < 4.78 is 37.7. The molecule has 24 heavy (non-hydrogen) atoms. The molecule has 0 bridgehead atoms. The van der Waals surface area contributed by atoms with Crippen molar-refractivity contribution >= 4 is 16.0 Å². The summed E-state index contributed by atoms with van der Waals surface area (Å²) in [7, 11) is -0.877. The largest absolute Gasteiger partial charge is 0.465 e. The number of carbonyl (C=O) groups is 1. The molecule has 1 aliphatic rings. The Morgan fingerprint density at radius 3 is 2.71 bits per heavy atom. The van der Waals surface area contributed by atoms with Crippen molar-refractivity contribution in [2.24, 2.45) is 0 Å². The summed E-state index contributed by atoms with van der Waals surface area (Å²) >= 11 is 0. The number of hydrogen-bond donors (Lipinski definition) is 2. The molecule has 1 saturated heterocycles. The topological polar surface area (TPSA) is 93.7 Å². The molecule has 2 N–H and O–H groups in total. The summed E-state index contributed by atoms with van der Waals surface area (Å²) in [6.45, 7) is 3.22. The van der Waals surface area contributed by atoms with Crippen LogP contribution < -0.4 is 10.0 Å². The zero-order chi connectivity index (χ0) is 17.8. The molecule has 0 aromatic heterocycles. The predicted molar refractivity (Wildman–Crippen MR) is 89.6 cm³/mol. The highest BCUT2D eigenvalue weighted by atomic mass is 32.2. The summed E-state index contributed by atoms with van der Waals surface area (Å²) in [6, 6.07) is 4.42. The van der Waals surface area contributed by atoms with Crippen molar-refractivity contribution in [1.82, 2.24) is 10.0 Å². The van der Waals surface area contributed by atoms with Crippen LogP contribution in [0.5, 0.6) is 0 Å². The summed E-state index contributed by atoms with van der Waals surface area (Å²) in [5.41, 5.74) is 0.512. The van der Waals surface area contributed by atoms with Gasteiger partial charge >= 0.3 is 5.97 Å². The smallest absolute Gasteiger partial charge is 0.338 e. The van der Waals surface area contributed by atoms with Crippen LogP contribution in [0.25, 0.3) is 0 Å². The molecule has 1 aromatic carbocycles. The molecule has 1 heterocycles. The maximum atomic E-state index is 12.6. The van der Waals surface area contributed by atoms with Crippen LogP contribution in [0.3, 0.4) is 0 Å². The van der Waals surface area contributed by atoms with Crippen LogP contribution in [-0.2, 0) is 19.5 Å². The standard InChI is InChI=1S/C16H24N2O5S/c1-12-5-6-13(9-14(12)15(19)23-3)24(20,21)18-10-16(11-22-2)7-4-8-17-16/h5-6,9,17-18H,4,7-8,10-11H2,1-3H3. The summed E-state index contributed by atoms with van der Waals surface area (Å²) in [6.07, 6.45) is 1.81. The number of hydrogen-bond acceptors (Lipinski definition) is 6. The zero-order valence-electron chi connectivity index (χ0n) is 14.2. The number of ether oxygens (including phenoxy) is 2. The van der Waals surface area contributed by atoms with Gasteiger partial charge in [-0.1, -0.05) is 6.07 Å². The van der Waals surface area contributed by atoms with E-state index in [1.54, 1.807) is 20.1 Å². The molecule has 7 nitrogen and oxygen atoms in total. The van der Waals surface area contributed by atoms with Gasteiger partial charge in [-0.15, -0.1) is 0 Å². The average Bonchev–Trinajstić information content (AvgIpc) is 3.02. The fraction of sp³-hybridized carbons (Fsp3) is 0.562. The van der Waals surface area contributed by atoms with Crippen LogP contribution in [0.15, 0.2) is 23.1 Å². The van der Waals surface area contributed by atoms with Crippen LogP contribution in [0.4, 0.5) is 0 Å². The third-order valence-corrected chi connectivity index (χ3v) is 5.68. The molecule has 2 rings (SSSR count). The molecular formula is C16H24N2O5S. The highest BCUT2D eigenvalue weighted by molar-refractivity contribution is 7.89. The third-order valence-electron chi connectivity index (χ3n) is 4.28. The van der Waals surface area contributed by atoms with E-state index in [9.17, 15) is 13.2 Å². The van der Waals surface area contributed by atoms with E-state index in [0.717, 1.165) is 19.4 Å². The van der Waals surface area contributed by atoms with Crippen LogP contribution in [0.2, 0.25) is 0 Å². The maximum Gasteiger partial charge on any atom is 0.338 e. The molecule has 134 valence electrons. The highest BCUT2D eigenvalue weighted by Gasteiger charge is 2.35. The zero-order valence-corrected chi connectivity index (χ0v) is 15.0. The van der Waals surface area contributed by atoms with E-state index < -0.39 is 21.5 Å². The second-order valence-electron chi connectivity index (χ2n) is 6.04. The van der Waals surface area contributed by atoms with Crippen molar-refractivity contribution in [3.8, 4) is 0 Å². The van der Waals surface area contributed by atoms with Crippen LogP contribution >= 0.6 is 0 Å². The van der Waals surface area contributed by atoms with Gasteiger partial charge < -0.3 is 14.8 Å². The number of carbonyl (C=O) groups excluding carboxylic acids is 1. The first-order chi connectivity index (χ1) is 11.3. The van der Waals surface area contributed by atoms with E-state index in [4.69, 9.17) is 9.47 Å². The van der Waals surface area contributed by atoms with E-state index in [-0.39, 0.29) is 17.0 Å². The van der Waals surface area contributed by atoms with Crippen molar-refractivity contribution in [2.45, 2.75) is 30.2 Å². The van der Waals surface area contributed by atoms with Gasteiger partial charge in [-0.2, -0.15) is 0 Å². The fourth-order valence-corrected chi connectivity index (χ4v) is 4.04.